The average molecular weight is 194 g/mol. The lowest BCUT2D eigenvalue weighted by atomic mass is 9.86. The summed E-state index contributed by atoms with van der Waals surface area (Å²) in [4.78, 5) is 0. The van der Waals surface area contributed by atoms with E-state index in [1.54, 1.807) is 0 Å². The zero-order valence-electron chi connectivity index (χ0n) is 9.71. The fraction of sp³-hybridized carbons (Fsp3) is 0.846. The molecule has 0 saturated carbocycles. The molecule has 0 unspecified atom stereocenters. The van der Waals surface area contributed by atoms with Crippen molar-refractivity contribution in [3.05, 3.63) is 12.2 Å². The molecule has 1 heteroatoms. The van der Waals surface area contributed by atoms with Gasteiger partial charge in [0.25, 0.3) is 0 Å². The van der Waals surface area contributed by atoms with E-state index in [4.69, 9.17) is 0 Å². The van der Waals surface area contributed by atoms with E-state index in [-0.39, 0.29) is 0 Å². The average Bonchev–Trinajstić information content (AvgIpc) is 2.51. The van der Waals surface area contributed by atoms with Crippen molar-refractivity contribution in [2.24, 2.45) is 11.8 Å². The quantitative estimate of drug-likeness (QED) is 0.479. The van der Waals surface area contributed by atoms with Gasteiger partial charge >= 0.3 is 0 Å². The summed E-state index contributed by atoms with van der Waals surface area (Å²) >= 11 is 0. The van der Waals surface area contributed by atoms with Crippen molar-refractivity contribution < 1.29 is 4.48 Å². The van der Waals surface area contributed by atoms with Crippen LogP contribution < -0.4 is 0 Å². The Kier molecular flexibility index (Phi) is 2.96. The van der Waals surface area contributed by atoms with Crippen molar-refractivity contribution in [1.82, 2.24) is 0 Å². The van der Waals surface area contributed by atoms with Gasteiger partial charge in [0, 0.05) is 11.8 Å². The van der Waals surface area contributed by atoms with Crippen molar-refractivity contribution in [2.45, 2.75) is 32.6 Å². The molecule has 1 fully saturated rings. The molecule has 1 aliphatic heterocycles. The predicted octanol–water partition coefficient (Wildman–Crippen LogP) is 2.83. The van der Waals surface area contributed by atoms with E-state index in [1.165, 1.54) is 49.8 Å². The molecule has 0 aromatic rings. The third-order valence-corrected chi connectivity index (χ3v) is 4.11. The van der Waals surface area contributed by atoms with Gasteiger partial charge in [-0.1, -0.05) is 25.5 Å². The number of hydrogen-bond acceptors (Lipinski definition) is 0. The summed E-state index contributed by atoms with van der Waals surface area (Å²) in [6.07, 6.45) is 10.3. The van der Waals surface area contributed by atoms with Gasteiger partial charge in [0.15, 0.2) is 0 Å². The Morgan fingerprint density at radius 2 is 1.71 bits per heavy atom. The lowest BCUT2D eigenvalue weighted by Crippen LogP contribution is -2.42. The minimum atomic E-state index is 1.00. The molecule has 80 valence electrons. The van der Waals surface area contributed by atoms with Gasteiger partial charge in [-0.25, -0.2) is 0 Å². The van der Waals surface area contributed by atoms with Gasteiger partial charge < -0.3 is 4.48 Å². The summed E-state index contributed by atoms with van der Waals surface area (Å²) in [6, 6.07) is 0. The number of nitrogens with zero attached hydrogens (tertiary/aromatic N) is 1. The zero-order valence-corrected chi connectivity index (χ0v) is 9.71. The van der Waals surface area contributed by atoms with Crippen LogP contribution in [0.2, 0.25) is 0 Å². The van der Waals surface area contributed by atoms with Gasteiger partial charge in [0.05, 0.1) is 26.7 Å². The Hall–Kier alpha value is -0.300. The Morgan fingerprint density at radius 1 is 1.14 bits per heavy atom. The van der Waals surface area contributed by atoms with Crippen molar-refractivity contribution in [3.8, 4) is 0 Å². The third kappa shape index (κ3) is 2.03. The van der Waals surface area contributed by atoms with Crippen LogP contribution in [0.25, 0.3) is 0 Å². The molecule has 1 aliphatic carbocycles. The van der Waals surface area contributed by atoms with Gasteiger partial charge in [-0.3, -0.25) is 0 Å². The van der Waals surface area contributed by atoms with Crippen LogP contribution in [0.15, 0.2) is 12.2 Å². The first kappa shape index (κ1) is 10.2. The smallest absolute Gasteiger partial charge is 0.0821 e. The van der Waals surface area contributed by atoms with Crippen molar-refractivity contribution in [1.29, 1.82) is 0 Å². The molecule has 0 spiro atoms. The molecular weight excluding hydrogens is 170 g/mol. The molecule has 1 nitrogen and oxygen atoms in total. The van der Waals surface area contributed by atoms with Crippen molar-refractivity contribution in [3.63, 3.8) is 0 Å². The second-order valence-corrected chi connectivity index (χ2v) is 5.52. The molecule has 1 saturated heterocycles. The molecule has 2 rings (SSSR count). The van der Waals surface area contributed by atoms with Crippen LogP contribution in [-0.2, 0) is 0 Å². The number of allylic oxidation sites excluding steroid dienone is 2. The van der Waals surface area contributed by atoms with E-state index in [2.05, 4.69) is 26.1 Å². The standard InChI is InChI=1S/C13H24N/c1-3-4-9-14(2)10-12-7-5-6-8-13(12)11-14/h5-6,12-13H,3-4,7-11H2,1-2H3/q+1/t12-,13-/m0/s1. The second kappa shape index (κ2) is 4.06. The van der Waals surface area contributed by atoms with Crippen molar-refractivity contribution >= 4 is 0 Å². The summed E-state index contributed by atoms with van der Waals surface area (Å²) in [7, 11) is 2.47. The third-order valence-electron chi connectivity index (χ3n) is 4.11. The number of unbranched alkanes of at least 4 members (excludes halogenated alkanes) is 1. The van der Waals surface area contributed by atoms with Crippen LogP contribution >= 0.6 is 0 Å². The number of fused-ring (bicyclic) bond motifs is 1. The molecule has 14 heavy (non-hydrogen) atoms. The van der Waals surface area contributed by atoms with Gasteiger partial charge in [0.1, 0.15) is 0 Å². The van der Waals surface area contributed by atoms with E-state index < -0.39 is 0 Å². The Labute approximate surface area is 88.4 Å². The van der Waals surface area contributed by atoms with E-state index in [0.717, 1.165) is 11.8 Å². The highest BCUT2D eigenvalue weighted by Gasteiger charge is 2.41. The molecule has 0 radical (unpaired) electrons. The number of hydrogen-bond donors (Lipinski definition) is 0. The van der Waals surface area contributed by atoms with Crippen LogP contribution in [0.3, 0.4) is 0 Å². The maximum atomic E-state index is 2.47. The molecular formula is C13H24N+. The largest absolute Gasteiger partial charge is 0.326 e. The van der Waals surface area contributed by atoms with E-state index in [9.17, 15) is 0 Å². The molecule has 0 aromatic heterocycles. The summed E-state index contributed by atoms with van der Waals surface area (Å²) in [5, 5.41) is 0. The van der Waals surface area contributed by atoms with Crippen molar-refractivity contribution in [2.75, 3.05) is 26.7 Å². The fourth-order valence-electron chi connectivity index (χ4n) is 3.30. The Bertz CT molecular complexity index is 203. The van der Waals surface area contributed by atoms with Crippen LogP contribution in [0, 0.1) is 11.8 Å². The minimum Gasteiger partial charge on any atom is -0.326 e. The van der Waals surface area contributed by atoms with Crippen LogP contribution in [0.1, 0.15) is 32.6 Å². The lowest BCUT2D eigenvalue weighted by Gasteiger charge is -2.29. The number of likely N-dealkylation sites (tertiary alicyclic amines) is 1. The highest BCUT2D eigenvalue weighted by atomic mass is 15.3. The SMILES string of the molecule is CCCC[N+]1(C)C[C@@H]2CC=CC[C@H]2C1. The zero-order chi connectivity index (χ0) is 10.0. The van der Waals surface area contributed by atoms with Crippen LogP contribution in [-0.4, -0.2) is 31.2 Å². The minimum absolute atomic E-state index is 1.00. The topological polar surface area (TPSA) is 0 Å². The monoisotopic (exact) mass is 194 g/mol. The maximum Gasteiger partial charge on any atom is 0.0821 e. The molecule has 0 amide bonds. The molecule has 2 atom stereocenters. The first-order valence-electron chi connectivity index (χ1n) is 6.22. The van der Waals surface area contributed by atoms with Gasteiger partial charge in [-0.2, -0.15) is 0 Å². The number of quaternary nitrogens is 1. The summed E-state index contributed by atoms with van der Waals surface area (Å²) in [5.74, 6) is 2.00. The lowest BCUT2D eigenvalue weighted by molar-refractivity contribution is -0.900. The fourth-order valence-corrected chi connectivity index (χ4v) is 3.30. The first-order chi connectivity index (χ1) is 6.73. The van der Waals surface area contributed by atoms with Gasteiger partial charge in [-0.15, -0.1) is 0 Å². The summed E-state index contributed by atoms with van der Waals surface area (Å²) < 4.78 is 1.35. The maximum absolute atomic E-state index is 2.47. The highest BCUT2D eigenvalue weighted by Crippen LogP contribution is 2.36. The Balaban J connectivity index is 1.92. The number of rotatable bonds is 3. The molecule has 0 aromatic carbocycles. The van der Waals surface area contributed by atoms with Gasteiger partial charge in [0.2, 0.25) is 0 Å². The van der Waals surface area contributed by atoms with E-state index >= 15 is 0 Å². The van der Waals surface area contributed by atoms with Gasteiger partial charge in [-0.05, 0) is 19.3 Å². The first-order valence-corrected chi connectivity index (χ1v) is 6.22. The normalized spacial score (nSPS) is 34.4. The molecule has 1 heterocycles. The molecule has 2 aliphatic rings. The molecule has 0 N–H and O–H groups in total. The van der Waals surface area contributed by atoms with E-state index in [0.29, 0.717) is 0 Å². The predicted molar refractivity (Wildman–Crippen MR) is 61.0 cm³/mol. The second-order valence-electron chi connectivity index (χ2n) is 5.52. The van der Waals surface area contributed by atoms with E-state index in [1.807, 2.05) is 0 Å². The summed E-state index contributed by atoms with van der Waals surface area (Å²) in [6.45, 7) is 6.59. The molecule has 0 bridgehead atoms. The summed E-state index contributed by atoms with van der Waals surface area (Å²) in [5.41, 5.74) is 0. The highest BCUT2D eigenvalue weighted by molar-refractivity contribution is 4.96. The van der Waals surface area contributed by atoms with Crippen LogP contribution in [0.4, 0.5) is 0 Å². The van der Waals surface area contributed by atoms with Crippen LogP contribution in [0.5, 0.6) is 0 Å². The Morgan fingerprint density at radius 3 is 2.21 bits per heavy atom.